The van der Waals surface area contributed by atoms with Crippen LogP contribution >= 0.6 is 11.6 Å². The predicted molar refractivity (Wildman–Crippen MR) is 65.0 cm³/mol. The van der Waals surface area contributed by atoms with Gasteiger partial charge in [-0.1, -0.05) is 11.6 Å². The molecule has 0 N–H and O–H groups in total. The minimum atomic E-state index is -4.88. The van der Waals surface area contributed by atoms with Crippen molar-refractivity contribution in [2.24, 2.45) is 0 Å². The molecule has 0 fully saturated rings. The third-order valence-electron chi connectivity index (χ3n) is 2.60. The quantitative estimate of drug-likeness (QED) is 0.388. The molecule has 12 heteroatoms. The largest absolute Gasteiger partial charge is 0.467 e. The lowest BCUT2D eigenvalue weighted by atomic mass is 10.2. The number of esters is 1. The summed E-state index contributed by atoms with van der Waals surface area (Å²) >= 11 is 5.54. The highest BCUT2D eigenvalue weighted by molar-refractivity contribution is 7.95. The van der Waals surface area contributed by atoms with Gasteiger partial charge in [-0.3, -0.25) is 0 Å². The molecule has 1 unspecified atom stereocenters. The van der Waals surface area contributed by atoms with Gasteiger partial charge in [-0.2, -0.15) is 26.3 Å². The smallest absolute Gasteiger partial charge is 0.390 e. The molecule has 0 heterocycles. The lowest BCUT2D eigenvalue weighted by Crippen LogP contribution is -2.44. The van der Waals surface area contributed by atoms with E-state index < -0.39 is 63.8 Å². The summed E-state index contributed by atoms with van der Waals surface area (Å²) in [6.07, 6.45) is -14.5. The predicted octanol–water partition coefficient (Wildman–Crippen LogP) is 3.19. The maximum absolute atomic E-state index is 12.1. The van der Waals surface area contributed by atoms with E-state index in [2.05, 4.69) is 4.74 Å². The van der Waals surface area contributed by atoms with Gasteiger partial charge in [0.1, 0.15) is 0 Å². The first-order valence-corrected chi connectivity index (χ1v) is 7.81. The molecule has 132 valence electrons. The molecule has 22 heavy (non-hydrogen) atoms. The second-order valence-corrected chi connectivity index (χ2v) is 7.58. The zero-order valence-corrected chi connectivity index (χ0v) is 12.8. The Balaban J connectivity index is 5.21. The van der Waals surface area contributed by atoms with Crippen LogP contribution in [0.1, 0.15) is 25.7 Å². The average Bonchev–Trinajstić information content (AvgIpc) is 2.32. The van der Waals surface area contributed by atoms with Crippen LogP contribution in [0.5, 0.6) is 0 Å². The third kappa shape index (κ3) is 6.59. The number of hydrogen-bond acceptors (Lipinski definition) is 4. The van der Waals surface area contributed by atoms with Gasteiger partial charge in [0.15, 0.2) is 9.84 Å². The van der Waals surface area contributed by atoms with E-state index in [1.165, 1.54) is 0 Å². The third-order valence-corrected chi connectivity index (χ3v) is 5.74. The number of carbonyl (C=O) groups is 1. The molecule has 0 aliphatic carbocycles. The number of hydrogen-bond donors (Lipinski definition) is 0. The van der Waals surface area contributed by atoms with E-state index in [4.69, 9.17) is 11.6 Å². The highest BCUT2D eigenvalue weighted by Crippen LogP contribution is 2.35. The first-order valence-electron chi connectivity index (χ1n) is 5.78. The van der Waals surface area contributed by atoms with Gasteiger partial charge in [0.05, 0.1) is 19.3 Å². The Morgan fingerprint density at radius 3 is 1.82 bits per heavy atom. The van der Waals surface area contributed by atoms with Crippen molar-refractivity contribution in [3.63, 3.8) is 0 Å². The molecule has 0 rings (SSSR count). The molecule has 4 nitrogen and oxygen atoms in total. The number of ether oxygens (including phenoxy) is 1. The number of alkyl halides is 7. The highest BCUT2D eigenvalue weighted by Gasteiger charge is 2.51. The Hall–Kier alpha value is -0.710. The normalized spacial score (nSPS) is 16.2. The van der Waals surface area contributed by atoms with Crippen molar-refractivity contribution in [3.05, 3.63) is 0 Å². The molecule has 0 aromatic carbocycles. The minimum Gasteiger partial charge on any atom is -0.467 e. The Labute approximate surface area is 127 Å². The Morgan fingerprint density at radius 2 is 1.45 bits per heavy atom. The maximum Gasteiger partial charge on any atom is 0.390 e. The van der Waals surface area contributed by atoms with Gasteiger partial charge in [-0.25, -0.2) is 13.2 Å². The minimum absolute atomic E-state index is 0.725. The molecule has 0 amide bonds. The molecular formula is C10H13ClF6O4S. The fourth-order valence-corrected chi connectivity index (χ4v) is 3.52. The molecule has 1 atom stereocenters. The van der Waals surface area contributed by atoms with Crippen LogP contribution in [-0.4, -0.2) is 43.8 Å². The summed E-state index contributed by atoms with van der Waals surface area (Å²) in [5.74, 6) is -3.14. The van der Waals surface area contributed by atoms with Crippen LogP contribution < -0.4 is 0 Å². The van der Waals surface area contributed by atoms with Gasteiger partial charge < -0.3 is 4.74 Å². The fourth-order valence-electron chi connectivity index (χ4n) is 1.47. The van der Waals surface area contributed by atoms with E-state index in [0.717, 1.165) is 7.11 Å². The van der Waals surface area contributed by atoms with Gasteiger partial charge >= 0.3 is 18.3 Å². The van der Waals surface area contributed by atoms with Crippen molar-refractivity contribution < 1.29 is 44.3 Å². The Bertz CT molecular complexity index is 487. The van der Waals surface area contributed by atoms with E-state index in [9.17, 15) is 39.6 Å². The van der Waals surface area contributed by atoms with Crippen molar-refractivity contribution in [3.8, 4) is 0 Å². The Kier molecular flexibility index (Phi) is 7.01. The lowest BCUT2D eigenvalue weighted by molar-refractivity contribution is -0.144. The molecular weight excluding hydrogens is 366 g/mol. The number of halogens is 7. The standard InChI is InChI=1S/C10H13ClF6O4S/c1-21-7(18)8(11,3-2-4-9(12,13)14)22(19,20)6-5-10(15,16)17/h2-6H2,1H3. The van der Waals surface area contributed by atoms with Crippen LogP contribution in [0.4, 0.5) is 26.3 Å². The molecule has 0 aliphatic heterocycles. The van der Waals surface area contributed by atoms with E-state index in [0.29, 0.717) is 0 Å². The highest BCUT2D eigenvalue weighted by atomic mass is 35.5. The summed E-state index contributed by atoms with van der Waals surface area (Å²) in [6.45, 7) is 0. The number of sulfone groups is 1. The molecule has 0 spiro atoms. The van der Waals surface area contributed by atoms with Crippen molar-refractivity contribution in [2.45, 2.75) is 42.2 Å². The second-order valence-electron chi connectivity index (χ2n) is 4.37. The summed E-state index contributed by atoms with van der Waals surface area (Å²) in [7, 11) is -4.16. The van der Waals surface area contributed by atoms with Crippen LogP contribution in [0, 0.1) is 0 Å². The van der Waals surface area contributed by atoms with Crippen LogP contribution in [-0.2, 0) is 19.4 Å². The number of rotatable bonds is 7. The van der Waals surface area contributed by atoms with Crippen LogP contribution in [0.25, 0.3) is 0 Å². The Morgan fingerprint density at radius 1 is 1.00 bits per heavy atom. The van der Waals surface area contributed by atoms with Crippen molar-refractivity contribution in [2.75, 3.05) is 12.9 Å². The molecule has 0 saturated heterocycles. The van der Waals surface area contributed by atoms with Crippen molar-refractivity contribution >= 4 is 27.4 Å². The molecule has 0 aromatic rings. The maximum atomic E-state index is 12.1. The first kappa shape index (κ1) is 21.3. The van der Waals surface area contributed by atoms with E-state index in [1.807, 2.05) is 0 Å². The average molecular weight is 379 g/mol. The molecule has 0 bridgehead atoms. The molecule has 0 saturated carbocycles. The fraction of sp³-hybridized carbons (Fsp3) is 0.900. The van der Waals surface area contributed by atoms with E-state index in [-0.39, 0.29) is 0 Å². The molecule has 0 aromatic heterocycles. The van der Waals surface area contributed by atoms with E-state index >= 15 is 0 Å². The van der Waals surface area contributed by atoms with E-state index in [1.54, 1.807) is 0 Å². The number of carbonyl (C=O) groups excluding carboxylic acids is 1. The van der Waals surface area contributed by atoms with Gasteiger partial charge in [-0.15, -0.1) is 0 Å². The van der Waals surface area contributed by atoms with Crippen LogP contribution in [0.2, 0.25) is 0 Å². The van der Waals surface area contributed by atoms with Crippen molar-refractivity contribution in [1.82, 2.24) is 0 Å². The second kappa shape index (κ2) is 7.24. The summed E-state index contributed by atoms with van der Waals surface area (Å²) in [5, 5.41) is 0. The van der Waals surface area contributed by atoms with Crippen LogP contribution in [0.15, 0.2) is 0 Å². The van der Waals surface area contributed by atoms with Gasteiger partial charge in [-0.05, 0) is 12.8 Å². The number of methoxy groups -OCH3 is 1. The topological polar surface area (TPSA) is 60.4 Å². The van der Waals surface area contributed by atoms with Gasteiger partial charge in [0, 0.05) is 6.42 Å². The van der Waals surface area contributed by atoms with Gasteiger partial charge in [0.25, 0.3) is 0 Å². The summed E-state index contributed by atoms with van der Waals surface area (Å²) in [4.78, 5) is 11.5. The zero-order valence-electron chi connectivity index (χ0n) is 11.2. The zero-order chi connectivity index (χ0) is 17.8. The SMILES string of the molecule is COC(=O)C(Cl)(CCCC(F)(F)F)S(=O)(=O)CCC(F)(F)F. The summed E-state index contributed by atoms with van der Waals surface area (Å²) in [6, 6.07) is 0. The summed E-state index contributed by atoms with van der Waals surface area (Å²) < 4.78 is 97.3. The molecule has 0 radical (unpaired) electrons. The monoisotopic (exact) mass is 378 g/mol. The first-order chi connectivity index (χ1) is 9.65. The van der Waals surface area contributed by atoms with Crippen LogP contribution in [0.3, 0.4) is 0 Å². The van der Waals surface area contributed by atoms with Crippen molar-refractivity contribution in [1.29, 1.82) is 0 Å². The lowest BCUT2D eigenvalue weighted by Gasteiger charge is -2.24. The molecule has 0 aliphatic rings. The summed E-state index contributed by atoms with van der Waals surface area (Å²) in [5.41, 5.74) is 0. The van der Waals surface area contributed by atoms with Gasteiger partial charge in [0.2, 0.25) is 4.21 Å².